The van der Waals surface area contributed by atoms with E-state index in [1.54, 1.807) is 18.2 Å². The third-order valence-electron chi connectivity index (χ3n) is 9.05. The maximum atomic E-state index is 12.4. The summed E-state index contributed by atoms with van der Waals surface area (Å²) in [5.41, 5.74) is 2.17. The van der Waals surface area contributed by atoms with Crippen LogP contribution >= 0.6 is 11.6 Å². The predicted octanol–water partition coefficient (Wildman–Crippen LogP) is 5.72. The van der Waals surface area contributed by atoms with Crippen LogP contribution in [0.3, 0.4) is 0 Å². The largest absolute Gasteiger partial charge is 0.507 e. The second-order valence-electron chi connectivity index (χ2n) is 11.3. The molecule has 0 atom stereocenters. The maximum absolute atomic E-state index is 12.4. The number of phenols is 1. The number of nitrogens with zero attached hydrogens (tertiary/aromatic N) is 1. The number of hydrogen-bond acceptors (Lipinski definition) is 7. The number of likely N-dealkylation sites (N-methyl/N-ethyl adjacent to an activating group) is 1. The van der Waals surface area contributed by atoms with Crippen molar-refractivity contribution in [1.29, 1.82) is 0 Å². The Balaban J connectivity index is 1.30. The van der Waals surface area contributed by atoms with Crippen molar-refractivity contribution in [2.75, 3.05) is 32.6 Å². The van der Waals surface area contributed by atoms with Gasteiger partial charge >= 0.3 is 12.1 Å². The highest BCUT2D eigenvalue weighted by Gasteiger charge is 2.45. The molecule has 4 rings (SSSR count). The number of rotatable bonds is 11. The highest BCUT2D eigenvalue weighted by molar-refractivity contribution is 6.33. The summed E-state index contributed by atoms with van der Waals surface area (Å²) in [5.74, 6) is 0.0749. The summed E-state index contributed by atoms with van der Waals surface area (Å²) in [4.78, 5) is 26.0. The number of methoxy groups -OCH3 is 1. The molecule has 41 heavy (non-hydrogen) atoms. The molecule has 224 valence electrons. The van der Waals surface area contributed by atoms with Gasteiger partial charge in [0.1, 0.15) is 18.1 Å². The number of carboxylic acid groups (broad SMARTS) is 1. The molecule has 0 radical (unpaired) electrons. The Kier molecular flexibility index (Phi) is 10.4. The molecule has 2 aliphatic carbocycles. The van der Waals surface area contributed by atoms with E-state index in [0.29, 0.717) is 41.1 Å². The van der Waals surface area contributed by atoms with Crippen LogP contribution in [0.5, 0.6) is 11.5 Å². The monoisotopic (exact) mass is 588 g/mol. The van der Waals surface area contributed by atoms with Crippen LogP contribution in [-0.2, 0) is 28.0 Å². The minimum absolute atomic E-state index is 0.108. The molecule has 0 bridgehead atoms. The lowest BCUT2D eigenvalue weighted by Gasteiger charge is -2.44. The van der Waals surface area contributed by atoms with Gasteiger partial charge in [0.05, 0.1) is 30.8 Å². The number of carbonyl (C=O) groups excluding carboxylic acids is 1. The van der Waals surface area contributed by atoms with Crippen LogP contribution in [0.4, 0.5) is 10.5 Å². The molecular weight excluding hydrogens is 548 g/mol. The van der Waals surface area contributed by atoms with E-state index in [1.807, 2.05) is 19.2 Å². The lowest BCUT2D eigenvalue weighted by Crippen LogP contribution is -2.42. The fraction of sp³-hybridized carbons (Fsp3) is 0.548. The molecule has 2 aliphatic rings. The van der Waals surface area contributed by atoms with Crippen molar-refractivity contribution in [2.45, 2.75) is 75.9 Å². The van der Waals surface area contributed by atoms with Crippen molar-refractivity contribution in [3.8, 4) is 11.5 Å². The number of aliphatic hydroxyl groups excluding tert-OH is 1. The van der Waals surface area contributed by atoms with Crippen LogP contribution in [0.15, 0.2) is 30.3 Å². The zero-order chi connectivity index (χ0) is 29.6. The molecule has 0 aromatic heterocycles. The Morgan fingerprint density at radius 3 is 2.46 bits per heavy atom. The van der Waals surface area contributed by atoms with Gasteiger partial charge in [-0.15, -0.1) is 0 Å². The smallest absolute Gasteiger partial charge is 0.411 e. The number of aliphatic carboxylic acids is 1. The molecule has 9 nitrogen and oxygen atoms in total. The molecule has 10 heteroatoms. The highest BCUT2D eigenvalue weighted by atomic mass is 35.5. The Labute approximate surface area is 246 Å². The van der Waals surface area contributed by atoms with E-state index in [2.05, 4.69) is 10.2 Å². The highest BCUT2D eigenvalue weighted by Crippen LogP contribution is 2.54. The Morgan fingerprint density at radius 2 is 1.83 bits per heavy atom. The van der Waals surface area contributed by atoms with E-state index < -0.39 is 12.1 Å². The van der Waals surface area contributed by atoms with E-state index in [-0.39, 0.29) is 35.8 Å². The zero-order valence-electron chi connectivity index (χ0n) is 23.8. The fourth-order valence-electron chi connectivity index (χ4n) is 6.89. The lowest BCUT2D eigenvalue weighted by molar-refractivity contribution is -0.136. The Bertz CT molecular complexity index is 1220. The van der Waals surface area contributed by atoms with E-state index in [9.17, 15) is 24.9 Å². The first-order chi connectivity index (χ1) is 19.7. The van der Waals surface area contributed by atoms with Crippen molar-refractivity contribution >= 4 is 29.4 Å². The van der Waals surface area contributed by atoms with Gasteiger partial charge in [-0.2, -0.15) is 0 Å². The van der Waals surface area contributed by atoms with Gasteiger partial charge in [-0.3, -0.25) is 10.1 Å². The number of nitrogens with one attached hydrogen (secondary N) is 1. The minimum Gasteiger partial charge on any atom is -0.507 e. The quantitative estimate of drug-likeness (QED) is 0.262. The summed E-state index contributed by atoms with van der Waals surface area (Å²) in [7, 11) is 3.53. The molecule has 2 fully saturated rings. The second kappa shape index (κ2) is 13.8. The first-order valence-electron chi connectivity index (χ1n) is 14.3. The van der Waals surface area contributed by atoms with Gasteiger partial charge in [0.25, 0.3) is 0 Å². The molecule has 0 unspecified atom stereocenters. The summed E-state index contributed by atoms with van der Waals surface area (Å²) in [6, 6.07) is 9.06. The maximum Gasteiger partial charge on any atom is 0.411 e. The Morgan fingerprint density at radius 1 is 1.12 bits per heavy atom. The fourth-order valence-corrected chi connectivity index (χ4v) is 7.12. The molecule has 0 aliphatic heterocycles. The average Bonchev–Trinajstić information content (AvgIpc) is 3.46. The van der Waals surface area contributed by atoms with Crippen molar-refractivity contribution in [3.05, 3.63) is 52.0 Å². The summed E-state index contributed by atoms with van der Waals surface area (Å²) in [6.07, 6.45) is 7.56. The number of para-hydroxylation sites is 1. The molecule has 0 spiro atoms. The van der Waals surface area contributed by atoms with E-state index >= 15 is 0 Å². The number of aromatic hydroxyl groups is 1. The van der Waals surface area contributed by atoms with Crippen LogP contribution in [-0.4, -0.2) is 65.6 Å². The van der Waals surface area contributed by atoms with Gasteiger partial charge in [-0.1, -0.05) is 42.6 Å². The van der Waals surface area contributed by atoms with Crippen molar-refractivity contribution in [3.63, 3.8) is 0 Å². The normalized spacial score (nSPS) is 20.1. The molecule has 4 N–H and O–H groups in total. The number of benzene rings is 2. The van der Waals surface area contributed by atoms with Gasteiger partial charge < -0.3 is 29.7 Å². The van der Waals surface area contributed by atoms with Gasteiger partial charge in [-0.25, -0.2) is 4.79 Å². The van der Waals surface area contributed by atoms with Gasteiger partial charge in [-0.05, 0) is 57.6 Å². The molecule has 1 amide bonds. The number of amides is 1. The number of carbonyl (C=O) groups is 2. The van der Waals surface area contributed by atoms with Crippen LogP contribution in [0.1, 0.15) is 68.1 Å². The molecule has 0 saturated heterocycles. The van der Waals surface area contributed by atoms with Gasteiger partial charge in [0.2, 0.25) is 0 Å². The van der Waals surface area contributed by atoms with E-state index in [1.165, 1.54) is 7.11 Å². The van der Waals surface area contributed by atoms with Crippen molar-refractivity contribution in [1.82, 2.24) is 4.90 Å². The summed E-state index contributed by atoms with van der Waals surface area (Å²) in [6.45, 7) is 0.581. The second-order valence-corrected chi connectivity index (χ2v) is 11.7. The van der Waals surface area contributed by atoms with Gasteiger partial charge in [0.15, 0.2) is 0 Å². The number of anilines is 1. The summed E-state index contributed by atoms with van der Waals surface area (Å²) in [5, 5.41) is 32.7. The first-order valence-corrected chi connectivity index (χ1v) is 14.7. The zero-order valence-corrected chi connectivity index (χ0v) is 24.6. The van der Waals surface area contributed by atoms with Crippen molar-refractivity contribution in [2.24, 2.45) is 5.92 Å². The molecule has 2 saturated carbocycles. The molecule has 0 heterocycles. The molecule has 2 aromatic rings. The number of halogens is 1. The average molecular weight is 589 g/mol. The number of phenolic OH excluding ortho intramolecular Hbond substituents is 1. The Hall–Kier alpha value is -3.01. The third-order valence-corrected chi connectivity index (χ3v) is 9.36. The van der Waals surface area contributed by atoms with Gasteiger partial charge in [0, 0.05) is 40.8 Å². The van der Waals surface area contributed by atoms with Crippen molar-refractivity contribution < 1.29 is 34.4 Å². The lowest BCUT2D eigenvalue weighted by atomic mass is 9.63. The topological polar surface area (TPSA) is 129 Å². The van der Waals surface area contributed by atoms with E-state index in [0.717, 1.165) is 56.9 Å². The SMILES string of the molecule is COc1cc(NC(=O)OCCN(C)C2CCC(C3(c4cccc(CC(=O)O)c4O)CCCC3)CC2)c(Cl)cc1CO. The summed E-state index contributed by atoms with van der Waals surface area (Å²) < 4.78 is 10.6. The minimum atomic E-state index is -0.941. The van der Waals surface area contributed by atoms with Crippen LogP contribution in [0, 0.1) is 5.92 Å². The third kappa shape index (κ3) is 7.08. The standard InChI is InChI=1S/C31H41ClN2O7/c1-34(14-15-41-30(39)33-26-18-27(40-2)21(19-35)16-25(26)32)23-10-8-22(9-11-23)31(12-3-4-13-31)24-7-5-6-20(29(24)38)17-28(36)37/h5-7,16,18,22-23,35,38H,3-4,8-15,17,19H2,1-2H3,(H,33,39)(H,36,37). The number of ether oxygens (including phenoxy) is 2. The first kappa shape index (κ1) is 30.9. The van der Waals surface area contributed by atoms with Crippen LogP contribution < -0.4 is 10.1 Å². The molecule has 2 aromatic carbocycles. The predicted molar refractivity (Wildman–Crippen MR) is 157 cm³/mol. The number of hydrogen-bond donors (Lipinski definition) is 4. The number of aliphatic hydroxyl groups is 1. The summed E-state index contributed by atoms with van der Waals surface area (Å²) >= 11 is 6.23. The van der Waals surface area contributed by atoms with Crippen LogP contribution in [0.2, 0.25) is 5.02 Å². The van der Waals surface area contributed by atoms with Crippen LogP contribution in [0.25, 0.3) is 0 Å². The number of carboxylic acids is 1. The molecular formula is C31H41ClN2O7. The van der Waals surface area contributed by atoms with E-state index in [4.69, 9.17) is 21.1 Å².